The van der Waals surface area contributed by atoms with Gasteiger partial charge in [-0.3, -0.25) is 5.10 Å². The van der Waals surface area contributed by atoms with E-state index in [1.165, 1.54) is 0 Å². The van der Waals surface area contributed by atoms with Crippen molar-refractivity contribution in [2.75, 3.05) is 12.8 Å². The van der Waals surface area contributed by atoms with Gasteiger partial charge >= 0.3 is 0 Å². The van der Waals surface area contributed by atoms with E-state index in [0.717, 1.165) is 32.1 Å². The number of nitrogen functional groups attached to an aromatic ring is 1. The van der Waals surface area contributed by atoms with Crippen molar-refractivity contribution in [2.45, 2.75) is 0 Å². The van der Waals surface area contributed by atoms with Gasteiger partial charge in [-0.15, -0.1) is 0 Å². The third kappa shape index (κ3) is 1.96. The number of hydrogen-bond acceptors (Lipinski definition) is 3. The van der Waals surface area contributed by atoms with Crippen LogP contribution in [0.5, 0.6) is 5.75 Å². The minimum Gasteiger partial charge on any atom is -0.496 e. The second kappa shape index (κ2) is 4.59. The number of benzene rings is 2. The molecule has 0 saturated carbocycles. The lowest BCUT2D eigenvalue weighted by atomic mass is 9.99. The lowest BCUT2D eigenvalue weighted by Gasteiger charge is -2.11. The molecular formula is C14H12BrN3O. The Morgan fingerprint density at radius 1 is 1.26 bits per heavy atom. The van der Waals surface area contributed by atoms with E-state index in [-0.39, 0.29) is 0 Å². The molecule has 0 aliphatic heterocycles. The number of nitrogens with two attached hydrogens (primary N) is 1. The summed E-state index contributed by atoms with van der Waals surface area (Å²) in [5.74, 6) is 1.32. The van der Waals surface area contributed by atoms with E-state index in [9.17, 15) is 0 Å². The summed E-state index contributed by atoms with van der Waals surface area (Å²) in [7, 11) is 1.65. The van der Waals surface area contributed by atoms with Crippen molar-refractivity contribution in [3.05, 3.63) is 41.0 Å². The molecular weight excluding hydrogens is 306 g/mol. The van der Waals surface area contributed by atoms with Crippen LogP contribution in [0.1, 0.15) is 0 Å². The number of aromatic amines is 1. The van der Waals surface area contributed by atoms with Crippen molar-refractivity contribution in [3.63, 3.8) is 0 Å². The summed E-state index contributed by atoms with van der Waals surface area (Å²) < 4.78 is 6.49. The number of fused-ring (bicyclic) bond motifs is 1. The van der Waals surface area contributed by atoms with Crippen LogP contribution in [-0.2, 0) is 0 Å². The van der Waals surface area contributed by atoms with E-state index in [1.807, 2.05) is 24.3 Å². The van der Waals surface area contributed by atoms with Crippen molar-refractivity contribution < 1.29 is 4.74 Å². The average Bonchev–Trinajstić information content (AvgIpc) is 2.83. The molecule has 5 heteroatoms. The zero-order valence-electron chi connectivity index (χ0n) is 10.3. The molecule has 2 aromatic carbocycles. The first kappa shape index (κ1) is 12.0. The average molecular weight is 318 g/mol. The summed E-state index contributed by atoms with van der Waals surface area (Å²) in [4.78, 5) is 0. The topological polar surface area (TPSA) is 63.9 Å². The first-order valence-corrected chi connectivity index (χ1v) is 6.55. The minimum absolute atomic E-state index is 0.536. The molecule has 1 heterocycles. The zero-order valence-corrected chi connectivity index (χ0v) is 11.9. The molecule has 4 nitrogen and oxygen atoms in total. The molecule has 0 amide bonds. The lowest BCUT2D eigenvalue weighted by molar-refractivity contribution is 0.417. The highest BCUT2D eigenvalue weighted by atomic mass is 79.9. The molecule has 3 rings (SSSR count). The van der Waals surface area contributed by atoms with Gasteiger partial charge in [-0.1, -0.05) is 28.1 Å². The molecule has 3 N–H and O–H groups in total. The molecule has 0 aliphatic rings. The van der Waals surface area contributed by atoms with Gasteiger partial charge in [0.1, 0.15) is 11.6 Å². The highest BCUT2D eigenvalue weighted by Crippen LogP contribution is 2.39. The van der Waals surface area contributed by atoms with Crippen molar-refractivity contribution in [1.29, 1.82) is 0 Å². The number of rotatable bonds is 2. The van der Waals surface area contributed by atoms with Crippen LogP contribution in [0.3, 0.4) is 0 Å². The summed E-state index contributed by atoms with van der Waals surface area (Å²) in [5.41, 5.74) is 7.74. The van der Waals surface area contributed by atoms with Gasteiger partial charge in [-0.2, -0.15) is 5.10 Å². The van der Waals surface area contributed by atoms with E-state index in [1.54, 1.807) is 13.3 Å². The first-order chi connectivity index (χ1) is 9.20. The third-order valence-electron chi connectivity index (χ3n) is 3.10. The lowest BCUT2D eigenvalue weighted by Crippen LogP contribution is -1.92. The number of methoxy groups -OCH3 is 1. The normalized spacial score (nSPS) is 10.8. The monoisotopic (exact) mass is 317 g/mol. The van der Waals surface area contributed by atoms with Gasteiger partial charge in [0.25, 0.3) is 0 Å². The maximum absolute atomic E-state index is 5.93. The molecule has 1 aromatic heterocycles. The van der Waals surface area contributed by atoms with E-state index >= 15 is 0 Å². The van der Waals surface area contributed by atoms with Gasteiger partial charge in [0.2, 0.25) is 0 Å². The molecule has 0 radical (unpaired) electrons. The van der Waals surface area contributed by atoms with Crippen molar-refractivity contribution >= 4 is 32.5 Å². The van der Waals surface area contributed by atoms with Crippen LogP contribution in [0.15, 0.2) is 41.0 Å². The Bertz CT molecular complexity index is 752. The van der Waals surface area contributed by atoms with Gasteiger partial charge in [0.15, 0.2) is 0 Å². The number of aromatic nitrogens is 2. The van der Waals surface area contributed by atoms with Crippen LogP contribution in [0.25, 0.3) is 21.9 Å². The molecule has 96 valence electrons. The number of nitrogens with one attached hydrogen (secondary N) is 1. The van der Waals surface area contributed by atoms with E-state index in [4.69, 9.17) is 10.5 Å². The van der Waals surface area contributed by atoms with E-state index in [2.05, 4.69) is 32.2 Å². The van der Waals surface area contributed by atoms with Crippen molar-refractivity contribution in [3.8, 4) is 16.9 Å². The fourth-order valence-electron chi connectivity index (χ4n) is 2.22. The van der Waals surface area contributed by atoms with Gasteiger partial charge in [-0.05, 0) is 29.0 Å². The Labute approximate surface area is 118 Å². The summed E-state index contributed by atoms with van der Waals surface area (Å²) >= 11 is 3.48. The molecule has 0 bridgehead atoms. The smallest absolute Gasteiger partial charge is 0.127 e. The Morgan fingerprint density at radius 2 is 2.11 bits per heavy atom. The fraction of sp³-hybridized carbons (Fsp3) is 0.0714. The summed E-state index contributed by atoms with van der Waals surface area (Å²) in [6.07, 6.45) is 1.72. The Balaban J connectivity index is 2.40. The van der Waals surface area contributed by atoms with E-state index in [0.29, 0.717) is 5.82 Å². The molecule has 0 atom stereocenters. The number of nitrogens with zero attached hydrogens (tertiary/aromatic N) is 1. The number of H-pyrrole nitrogens is 1. The number of hydrogen-bond donors (Lipinski definition) is 2. The molecule has 0 aliphatic carbocycles. The van der Waals surface area contributed by atoms with Gasteiger partial charge in [-0.25, -0.2) is 0 Å². The standard InChI is InChI=1S/C14H12BrN3O/c1-19-12-5-2-8-6-9(15)3-4-10(8)13(12)11-7-17-18-14(11)16/h2-7H,1H3,(H3,16,17,18). The van der Waals surface area contributed by atoms with Crippen LogP contribution in [0.4, 0.5) is 5.82 Å². The molecule has 0 spiro atoms. The Kier molecular flexibility index (Phi) is 2.91. The van der Waals surface area contributed by atoms with Gasteiger partial charge in [0, 0.05) is 15.6 Å². The number of ether oxygens (including phenoxy) is 1. The van der Waals surface area contributed by atoms with Crippen LogP contribution in [-0.4, -0.2) is 17.3 Å². The van der Waals surface area contributed by atoms with Crippen LogP contribution >= 0.6 is 15.9 Å². The fourth-order valence-corrected chi connectivity index (χ4v) is 2.60. The zero-order chi connectivity index (χ0) is 13.4. The van der Waals surface area contributed by atoms with Crippen LogP contribution in [0.2, 0.25) is 0 Å². The molecule has 0 unspecified atom stereocenters. The maximum Gasteiger partial charge on any atom is 0.127 e. The SMILES string of the molecule is COc1ccc2cc(Br)ccc2c1-c1cn[nH]c1N. The largest absolute Gasteiger partial charge is 0.496 e. The second-order valence-electron chi connectivity index (χ2n) is 4.21. The quantitative estimate of drug-likeness (QED) is 0.759. The Morgan fingerprint density at radius 3 is 2.79 bits per heavy atom. The summed E-state index contributed by atoms with van der Waals surface area (Å²) in [5, 5.41) is 8.94. The summed E-state index contributed by atoms with van der Waals surface area (Å²) in [6, 6.07) is 10.1. The first-order valence-electron chi connectivity index (χ1n) is 5.76. The molecule has 19 heavy (non-hydrogen) atoms. The predicted molar refractivity (Wildman–Crippen MR) is 80.2 cm³/mol. The molecule has 0 fully saturated rings. The molecule has 3 aromatic rings. The van der Waals surface area contributed by atoms with Crippen LogP contribution in [0, 0.1) is 0 Å². The Hall–Kier alpha value is -2.01. The maximum atomic E-state index is 5.93. The second-order valence-corrected chi connectivity index (χ2v) is 5.12. The third-order valence-corrected chi connectivity index (χ3v) is 3.59. The molecule has 0 saturated heterocycles. The van der Waals surface area contributed by atoms with E-state index < -0.39 is 0 Å². The van der Waals surface area contributed by atoms with Crippen molar-refractivity contribution in [1.82, 2.24) is 10.2 Å². The summed E-state index contributed by atoms with van der Waals surface area (Å²) in [6.45, 7) is 0. The van der Waals surface area contributed by atoms with Crippen LogP contribution < -0.4 is 10.5 Å². The van der Waals surface area contributed by atoms with Gasteiger partial charge in [0.05, 0.1) is 13.3 Å². The number of anilines is 1. The van der Waals surface area contributed by atoms with Crippen molar-refractivity contribution in [2.24, 2.45) is 0 Å². The van der Waals surface area contributed by atoms with Gasteiger partial charge < -0.3 is 10.5 Å². The highest BCUT2D eigenvalue weighted by Gasteiger charge is 2.14. The number of halogens is 1. The highest BCUT2D eigenvalue weighted by molar-refractivity contribution is 9.10. The predicted octanol–water partition coefficient (Wildman–Crippen LogP) is 3.58. The minimum atomic E-state index is 0.536.